The lowest BCUT2D eigenvalue weighted by molar-refractivity contribution is 1.04. The van der Waals surface area contributed by atoms with E-state index in [2.05, 4.69) is 34.3 Å². The molecule has 0 atom stereocenters. The molecule has 0 amide bonds. The third-order valence-corrected chi connectivity index (χ3v) is 2.61. The summed E-state index contributed by atoms with van der Waals surface area (Å²) in [4.78, 5) is 8.47. The Kier molecular flexibility index (Phi) is 2.95. The molecular formula is C13H16N4. The van der Waals surface area contributed by atoms with Crippen LogP contribution in [0.3, 0.4) is 0 Å². The molecule has 0 unspecified atom stereocenters. The van der Waals surface area contributed by atoms with Gasteiger partial charge in [-0.3, -0.25) is 0 Å². The maximum atomic E-state index is 5.81. The van der Waals surface area contributed by atoms with Crippen molar-refractivity contribution in [2.24, 2.45) is 0 Å². The summed E-state index contributed by atoms with van der Waals surface area (Å²) in [5.41, 5.74) is 8.90. The van der Waals surface area contributed by atoms with Gasteiger partial charge in [0.15, 0.2) is 0 Å². The Hall–Kier alpha value is -2.10. The first-order valence-corrected chi connectivity index (χ1v) is 5.50. The summed E-state index contributed by atoms with van der Waals surface area (Å²) in [5, 5.41) is 3.25. The zero-order valence-corrected chi connectivity index (χ0v) is 10.3. The Bertz CT molecular complexity index is 532. The van der Waals surface area contributed by atoms with Gasteiger partial charge < -0.3 is 11.1 Å². The first-order chi connectivity index (χ1) is 8.06. The molecule has 0 spiro atoms. The van der Waals surface area contributed by atoms with Gasteiger partial charge in [-0.05, 0) is 32.9 Å². The van der Waals surface area contributed by atoms with Crippen LogP contribution in [0.4, 0.5) is 17.3 Å². The summed E-state index contributed by atoms with van der Waals surface area (Å²) in [6.07, 6.45) is 0. The Morgan fingerprint density at radius 2 is 1.65 bits per heavy atom. The second-order valence-electron chi connectivity index (χ2n) is 4.12. The van der Waals surface area contributed by atoms with Crippen molar-refractivity contribution in [3.8, 4) is 0 Å². The molecule has 4 nitrogen and oxygen atoms in total. The van der Waals surface area contributed by atoms with E-state index in [1.165, 1.54) is 5.56 Å². The molecule has 2 aromatic rings. The van der Waals surface area contributed by atoms with E-state index in [0.29, 0.717) is 11.6 Å². The predicted octanol–water partition coefficient (Wildman–Crippen LogP) is 2.73. The number of nitrogens with zero attached hydrogens (tertiary/aromatic N) is 2. The molecule has 3 N–H and O–H groups in total. The van der Waals surface area contributed by atoms with E-state index in [1.54, 1.807) is 0 Å². The van der Waals surface area contributed by atoms with Crippen LogP contribution in [-0.4, -0.2) is 9.97 Å². The number of benzene rings is 1. The summed E-state index contributed by atoms with van der Waals surface area (Å²) < 4.78 is 0. The van der Waals surface area contributed by atoms with Crippen molar-refractivity contribution in [1.29, 1.82) is 0 Å². The van der Waals surface area contributed by atoms with Gasteiger partial charge in [0.1, 0.15) is 17.5 Å². The third-order valence-electron chi connectivity index (χ3n) is 2.61. The van der Waals surface area contributed by atoms with Gasteiger partial charge in [0.2, 0.25) is 0 Å². The molecule has 4 heteroatoms. The number of anilines is 3. The number of aromatic nitrogens is 2. The van der Waals surface area contributed by atoms with Gasteiger partial charge in [-0.25, -0.2) is 9.97 Å². The molecule has 0 aliphatic heterocycles. The first kappa shape index (κ1) is 11.4. The van der Waals surface area contributed by atoms with Crippen molar-refractivity contribution in [3.63, 3.8) is 0 Å². The van der Waals surface area contributed by atoms with E-state index in [9.17, 15) is 0 Å². The molecule has 2 rings (SSSR count). The molecule has 0 bridgehead atoms. The molecule has 0 radical (unpaired) electrons. The standard InChI is InChI=1S/C13H16N4/c1-8-4-6-11(7-5-8)17-13-9(2)12(14)15-10(3)16-13/h4-7H,1-3H3,(H3,14,15,16,17). The second-order valence-corrected chi connectivity index (χ2v) is 4.12. The topological polar surface area (TPSA) is 63.8 Å². The summed E-state index contributed by atoms with van der Waals surface area (Å²) in [5.74, 6) is 1.95. The lowest BCUT2D eigenvalue weighted by atomic mass is 10.2. The number of nitrogens with two attached hydrogens (primary N) is 1. The molecule has 0 aliphatic carbocycles. The van der Waals surface area contributed by atoms with Crippen LogP contribution >= 0.6 is 0 Å². The highest BCUT2D eigenvalue weighted by Crippen LogP contribution is 2.21. The van der Waals surface area contributed by atoms with Crippen LogP contribution in [-0.2, 0) is 0 Å². The molecule has 1 aromatic carbocycles. The van der Waals surface area contributed by atoms with Crippen LogP contribution in [0, 0.1) is 20.8 Å². The minimum absolute atomic E-state index is 0.520. The fourth-order valence-corrected chi connectivity index (χ4v) is 1.55. The van der Waals surface area contributed by atoms with Gasteiger partial charge >= 0.3 is 0 Å². The van der Waals surface area contributed by atoms with Crippen molar-refractivity contribution < 1.29 is 0 Å². The van der Waals surface area contributed by atoms with Crippen LogP contribution < -0.4 is 11.1 Å². The summed E-state index contributed by atoms with van der Waals surface area (Å²) in [7, 11) is 0. The largest absolute Gasteiger partial charge is 0.383 e. The quantitative estimate of drug-likeness (QED) is 0.829. The normalized spacial score (nSPS) is 10.3. The average molecular weight is 228 g/mol. The van der Waals surface area contributed by atoms with Crippen LogP contribution in [0.5, 0.6) is 0 Å². The zero-order valence-electron chi connectivity index (χ0n) is 10.3. The molecular weight excluding hydrogens is 212 g/mol. The van der Waals surface area contributed by atoms with Crippen molar-refractivity contribution in [1.82, 2.24) is 9.97 Å². The molecule has 1 aromatic heterocycles. The number of rotatable bonds is 2. The monoisotopic (exact) mass is 228 g/mol. The number of hydrogen-bond donors (Lipinski definition) is 2. The van der Waals surface area contributed by atoms with Crippen molar-refractivity contribution in [2.45, 2.75) is 20.8 Å². The van der Waals surface area contributed by atoms with E-state index < -0.39 is 0 Å². The summed E-state index contributed by atoms with van der Waals surface area (Å²) >= 11 is 0. The van der Waals surface area contributed by atoms with Crippen LogP contribution in [0.1, 0.15) is 17.0 Å². The second kappa shape index (κ2) is 4.41. The molecule has 0 saturated heterocycles. The molecule has 0 saturated carbocycles. The average Bonchev–Trinajstić information content (AvgIpc) is 2.28. The van der Waals surface area contributed by atoms with E-state index >= 15 is 0 Å². The highest BCUT2D eigenvalue weighted by molar-refractivity contribution is 5.63. The molecule has 88 valence electrons. The van der Waals surface area contributed by atoms with Crippen molar-refractivity contribution in [2.75, 3.05) is 11.1 Å². The van der Waals surface area contributed by atoms with E-state index in [4.69, 9.17) is 5.73 Å². The maximum Gasteiger partial charge on any atom is 0.139 e. The van der Waals surface area contributed by atoms with Crippen molar-refractivity contribution in [3.05, 3.63) is 41.2 Å². The Morgan fingerprint density at radius 1 is 1.00 bits per heavy atom. The lowest BCUT2D eigenvalue weighted by Crippen LogP contribution is -2.04. The predicted molar refractivity (Wildman–Crippen MR) is 70.4 cm³/mol. The lowest BCUT2D eigenvalue weighted by Gasteiger charge is -2.10. The summed E-state index contributed by atoms with van der Waals surface area (Å²) in [6.45, 7) is 5.79. The Balaban J connectivity index is 2.32. The minimum Gasteiger partial charge on any atom is -0.383 e. The number of aryl methyl sites for hydroxylation is 2. The third kappa shape index (κ3) is 2.53. The highest BCUT2D eigenvalue weighted by atomic mass is 15.1. The first-order valence-electron chi connectivity index (χ1n) is 5.50. The summed E-state index contributed by atoms with van der Waals surface area (Å²) in [6, 6.07) is 8.13. The fourth-order valence-electron chi connectivity index (χ4n) is 1.55. The minimum atomic E-state index is 0.520. The fraction of sp³-hybridized carbons (Fsp3) is 0.231. The van der Waals surface area contributed by atoms with Crippen LogP contribution in [0.15, 0.2) is 24.3 Å². The molecule has 0 fully saturated rings. The number of hydrogen-bond acceptors (Lipinski definition) is 4. The van der Waals surface area contributed by atoms with Gasteiger partial charge in [-0.1, -0.05) is 17.7 Å². The van der Waals surface area contributed by atoms with Crippen LogP contribution in [0.2, 0.25) is 0 Å². The SMILES string of the molecule is Cc1ccc(Nc2nc(C)nc(N)c2C)cc1. The van der Waals surface area contributed by atoms with Gasteiger partial charge in [0, 0.05) is 11.3 Å². The van der Waals surface area contributed by atoms with Gasteiger partial charge in [-0.15, -0.1) is 0 Å². The van der Waals surface area contributed by atoms with E-state index in [1.807, 2.05) is 26.0 Å². The highest BCUT2D eigenvalue weighted by Gasteiger charge is 2.06. The van der Waals surface area contributed by atoms with Gasteiger partial charge in [0.25, 0.3) is 0 Å². The van der Waals surface area contributed by atoms with Gasteiger partial charge in [0.05, 0.1) is 0 Å². The Labute approximate surface area is 101 Å². The number of nitrogen functional groups attached to an aromatic ring is 1. The maximum absolute atomic E-state index is 5.81. The Morgan fingerprint density at radius 3 is 2.29 bits per heavy atom. The smallest absolute Gasteiger partial charge is 0.139 e. The molecule has 0 aliphatic rings. The van der Waals surface area contributed by atoms with E-state index in [-0.39, 0.29) is 0 Å². The van der Waals surface area contributed by atoms with Crippen LogP contribution in [0.25, 0.3) is 0 Å². The van der Waals surface area contributed by atoms with Crippen molar-refractivity contribution >= 4 is 17.3 Å². The zero-order chi connectivity index (χ0) is 12.4. The number of nitrogens with one attached hydrogen (secondary N) is 1. The molecule has 17 heavy (non-hydrogen) atoms. The molecule has 1 heterocycles. The van der Waals surface area contributed by atoms with Gasteiger partial charge in [-0.2, -0.15) is 0 Å². The van der Waals surface area contributed by atoms with E-state index in [0.717, 1.165) is 17.1 Å².